The van der Waals surface area contributed by atoms with E-state index in [0.29, 0.717) is 11.7 Å². The molecule has 0 saturated heterocycles. The number of hydrogen-bond acceptors (Lipinski definition) is 4. The lowest BCUT2D eigenvalue weighted by molar-refractivity contribution is 0.740. The Morgan fingerprint density at radius 1 is 1.20 bits per heavy atom. The van der Waals surface area contributed by atoms with Gasteiger partial charge in [-0.3, -0.25) is 4.40 Å². The van der Waals surface area contributed by atoms with Gasteiger partial charge in [0.15, 0.2) is 5.82 Å². The third-order valence-corrected chi connectivity index (χ3v) is 2.46. The fourth-order valence-corrected chi connectivity index (χ4v) is 1.78. The van der Waals surface area contributed by atoms with Gasteiger partial charge in [0.25, 0.3) is 0 Å². The highest BCUT2D eigenvalue weighted by Gasteiger charge is 2.16. The van der Waals surface area contributed by atoms with Crippen LogP contribution in [0.1, 0.15) is 37.1 Å². The summed E-state index contributed by atoms with van der Waals surface area (Å²) in [6.45, 7) is 8.06. The van der Waals surface area contributed by atoms with E-state index >= 15 is 0 Å². The number of fused-ring (bicyclic) bond motifs is 1. The number of nitrogen functional groups attached to an aromatic ring is 1. The van der Waals surface area contributed by atoms with Crippen LogP contribution in [0.25, 0.3) is 5.52 Å². The number of aromatic nitrogens is 4. The second-order valence-electron chi connectivity index (χ2n) is 4.03. The Hall–Kier alpha value is -1.65. The Bertz CT molecular complexity index is 512. The SMILES string of the molecule is Cc1nc(C(C)C)n2c(C)nnc(N)c12. The standard InChI is InChI=1S/C10H15N5/c1-5(2)10-12-6(3)8-9(11)14-13-7(4)15(8)10/h5H,1-4H3,(H2,11,14). The molecule has 0 bridgehead atoms. The van der Waals surface area contributed by atoms with Gasteiger partial charge < -0.3 is 5.73 Å². The molecule has 2 heterocycles. The smallest absolute Gasteiger partial charge is 0.172 e. The highest BCUT2D eigenvalue weighted by Crippen LogP contribution is 2.22. The van der Waals surface area contributed by atoms with Gasteiger partial charge in [-0.2, -0.15) is 0 Å². The van der Waals surface area contributed by atoms with Gasteiger partial charge in [-0.05, 0) is 13.8 Å². The first kappa shape index (κ1) is 9.89. The van der Waals surface area contributed by atoms with Gasteiger partial charge in [0, 0.05) is 5.92 Å². The summed E-state index contributed by atoms with van der Waals surface area (Å²) in [4.78, 5) is 4.51. The van der Waals surface area contributed by atoms with E-state index in [9.17, 15) is 0 Å². The second kappa shape index (κ2) is 3.18. The van der Waals surface area contributed by atoms with E-state index < -0.39 is 0 Å². The average molecular weight is 205 g/mol. The summed E-state index contributed by atoms with van der Waals surface area (Å²) in [6, 6.07) is 0. The average Bonchev–Trinajstić information content (AvgIpc) is 2.51. The summed E-state index contributed by atoms with van der Waals surface area (Å²) in [6.07, 6.45) is 0. The maximum absolute atomic E-state index is 5.80. The molecule has 0 spiro atoms. The quantitative estimate of drug-likeness (QED) is 0.765. The summed E-state index contributed by atoms with van der Waals surface area (Å²) in [5, 5.41) is 7.92. The normalized spacial score (nSPS) is 11.5. The van der Waals surface area contributed by atoms with Crippen LogP contribution in [0.4, 0.5) is 5.82 Å². The minimum absolute atomic E-state index is 0.341. The summed E-state index contributed by atoms with van der Waals surface area (Å²) in [5.41, 5.74) is 7.60. The van der Waals surface area contributed by atoms with Gasteiger partial charge in [0.1, 0.15) is 17.2 Å². The van der Waals surface area contributed by atoms with Crippen LogP contribution in [0, 0.1) is 13.8 Å². The lowest BCUT2D eigenvalue weighted by Crippen LogP contribution is -2.06. The summed E-state index contributed by atoms with van der Waals surface area (Å²) < 4.78 is 1.99. The molecule has 2 rings (SSSR count). The number of rotatable bonds is 1. The molecule has 0 aliphatic rings. The molecule has 2 aromatic heterocycles. The first-order chi connectivity index (χ1) is 7.02. The number of nitrogens with two attached hydrogens (primary N) is 1. The van der Waals surface area contributed by atoms with Crippen molar-refractivity contribution in [2.75, 3.05) is 5.73 Å². The van der Waals surface area contributed by atoms with Crippen LogP contribution in [-0.2, 0) is 0 Å². The van der Waals surface area contributed by atoms with E-state index in [1.807, 2.05) is 18.2 Å². The molecule has 15 heavy (non-hydrogen) atoms. The zero-order valence-corrected chi connectivity index (χ0v) is 9.44. The van der Waals surface area contributed by atoms with Crippen molar-refractivity contribution in [1.82, 2.24) is 19.6 Å². The maximum atomic E-state index is 5.80. The van der Waals surface area contributed by atoms with Crippen molar-refractivity contribution < 1.29 is 0 Å². The Morgan fingerprint density at radius 3 is 2.47 bits per heavy atom. The molecule has 0 amide bonds. The summed E-state index contributed by atoms with van der Waals surface area (Å²) >= 11 is 0. The fourth-order valence-electron chi connectivity index (χ4n) is 1.78. The zero-order chi connectivity index (χ0) is 11.2. The molecule has 0 aromatic carbocycles. The molecular formula is C10H15N5. The van der Waals surface area contributed by atoms with E-state index in [2.05, 4.69) is 29.0 Å². The molecule has 80 valence electrons. The minimum Gasteiger partial charge on any atom is -0.380 e. The van der Waals surface area contributed by atoms with Crippen molar-refractivity contribution >= 4 is 11.3 Å². The van der Waals surface area contributed by atoms with Gasteiger partial charge in [-0.25, -0.2) is 4.98 Å². The molecule has 0 unspecified atom stereocenters. The highest BCUT2D eigenvalue weighted by molar-refractivity contribution is 5.68. The van der Waals surface area contributed by atoms with Crippen molar-refractivity contribution in [3.8, 4) is 0 Å². The van der Waals surface area contributed by atoms with Crippen molar-refractivity contribution in [3.63, 3.8) is 0 Å². The van der Waals surface area contributed by atoms with Gasteiger partial charge in [0.05, 0.1) is 5.69 Å². The Balaban J connectivity index is 2.92. The van der Waals surface area contributed by atoms with Gasteiger partial charge >= 0.3 is 0 Å². The largest absolute Gasteiger partial charge is 0.380 e. The van der Waals surface area contributed by atoms with Gasteiger partial charge in [-0.1, -0.05) is 13.8 Å². The lowest BCUT2D eigenvalue weighted by Gasteiger charge is -2.06. The number of anilines is 1. The molecule has 5 heteroatoms. The van der Waals surface area contributed by atoms with Crippen LogP contribution in [0.3, 0.4) is 0 Å². The fraction of sp³-hybridized carbons (Fsp3) is 0.500. The van der Waals surface area contributed by atoms with Crippen molar-refractivity contribution in [1.29, 1.82) is 0 Å². The lowest BCUT2D eigenvalue weighted by atomic mass is 10.2. The molecule has 0 atom stereocenters. The third kappa shape index (κ3) is 1.35. The predicted molar refractivity (Wildman–Crippen MR) is 58.8 cm³/mol. The minimum atomic E-state index is 0.341. The van der Waals surface area contributed by atoms with E-state index in [-0.39, 0.29) is 0 Å². The molecule has 0 fully saturated rings. The Labute approximate surface area is 88.3 Å². The van der Waals surface area contributed by atoms with Crippen molar-refractivity contribution in [3.05, 3.63) is 17.3 Å². The van der Waals surface area contributed by atoms with Crippen LogP contribution in [-0.4, -0.2) is 19.6 Å². The first-order valence-corrected chi connectivity index (χ1v) is 5.00. The Morgan fingerprint density at radius 2 is 1.87 bits per heavy atom. The van der Waals surface area contributed by atoms with Crippen LogP contribution in [0.5, 0.6) is 0 Å². The van der Waals surface area contributed by atoms with Gasteiger partial charge in [-0.15, -0.1) is 10.2 Å². The molecule has 0 radical (unpaired) electrons. The van der Waals surface area contributed by atoms with Crippen molar-refractivity contribution in [2.24, 2.45) is 0 Å². The Kier molecular flexibility index (Phi) is 2.10. The van der Waals surface area contributed by atoms with Crippen LogP contribution in [0.2, 0.25) is 0 Å². The second-order valence-corrected chi connectivity index (χ2v) is 4.03. The van der Waals surface area contributed by atoms with Crippen LogP contribution < -0.4 is 5.73 Å². The van der Waals surface area contributed by atoms with Crippen molar-refractivity contribution in [2.45, 2.75) is 33.6 Å². The topological polar surface area (TPSA) is 69.1 Å². The van der Waals surface area contributed by atoms with Crippen LogP contribution in [0.15, 0.2) is 0 Å². The van der Waals surface area contributed by atoms with E-state index in [1.165, 1.54) is 0 Å². The highest BCUT2D eigenvalue weighted by atomic mass is 15.2. The number of aryl methyl sites for hydroxylation is 2. The van der Waals surface area contributed by atoms with Gasteiger partial charge in [0.2, 0.25) is 0 Å². The molecule has 5 nitrogen and oxygen atoms in total. The zero-order valence-electron chi connectivity index (χ0n) is 9.44. The number of nitrogens with zero attached hydrogens (tertiary/aromatic N) is 4. The van der Waals surface area contributed by atoms with E-state index in [1.54, 1.807) is 0 Å². The monoisotopic (exact) mass is 205 g/mol. The molecular weight excluding hydrogens is 190 g/mol. The summed E-state index contributed by atoms with van der Waals surface area (Å²) in [7, 11) is 0. The molecule has 2 N–H and O–H groups in total. The molecule has 2 aromatic rings. The first-order valence-electron chi connectivity index (χ1n) is 5.00. The van der Waals surface area contributed by atoms with Crippen LogP contribution >= 0.6 is 0 Å². The van der Waals surface area contributed by atoms with E-state index in [0.717, 1.165) is 22.9 Å². The number of imidazole rings is 1. The maximum Gasteiger partial charge on any atom is 0.172 e. The predicted octanol–water partition coefficient (Wildman–Crippen LogP) is 1.45. The molecule has 0 aliphatic heterocycles. The summed E-state index contributed by atoms with van der Waals surface area (Å²) in [5.74, 6) is 2.59. The molecule has 0 saturated carbocycles. The number of hydrogen-bond donors (Lipinski definition) is 1. The third-order valence-electron chi connectivity index (χ3n) is 2.46. The molecule has 0 aliphatic carbocycles. The van der Waals surface area contributed by atoms with E-state index in [4.69, 9.17) is 5.73 Å².